The highest BCUT2D eigenvalue weighted by atomic mass is 16.4. The predicted molar refractivity (Wildman–Crippen MR) is 77.6 cm³/mol. The lowest BCUT2D eigenvalue weighted by Gasteiger charge is -2.18. The number of benzene rings is 1. The van der Waals surface area contributed by atoms with Gasteiger partial charge in [-0.05, 0) is 29.5 Å². The Hall–Kier alpha value is -1.84. The Bertz CT molecular complexity index is 533. The van der Waals surface area contributed by atoms with Crippen LogP contribution in [-0.2, 0) is 16.0 Å². The second-order valence-electron chi connectivity index (χ2n) is 6.03. The zero-order chi connectivity index (χ0) is 15.1. The molecule has 4 heteroatoms. The Kier molecular flexibility index (Phi) is 3.59. The highest BCUT2D eigenvalue weighted by Crippen LogP contribution is 2.59. The molecule has 2 unspecified atom stereocenters. The van der Waals surface area contributed by atoms with E-state index in [-0.39, 0.29) is 5.91 Å². The van der Waals surface area contributed by atoms with Gasteiger partial charge in [-0.3, -0.25) is 9.59 Å². The first kappa shape index (κ1) is 14.6. The summed E-state index contributed by atoms with van der Waals surface area (Å²) in [5.41, 5.74) is 1.56. The zero-order valence-corrected chi connectivity index (χ0v) is 12.4. The molecule has 1 aromatic rings. The van der Waals surface area contributed by atoms with Crippen LogP contribution in [0.3, 0.4) is 0 Å². The van der Waals surface area contributed by atoms with Gasteiger partial charge < -0.3 is 10.0 Å². The summed E-state index contributed by atoms with van der Waals surface area (Å²) in [6, 6.07) is 7.79. The lowest BCUT2D eigenvalue weighted by atomic mass is 10.1. The average Bonchev–Trinajstić information content (AvgIpc) is 3.00. The summed E-state index contributed by atoms with van der Waals surface area (Å²) < 4.78 is 0. The molecule has 2 rings (SSSR count). The Balaban J connectivity index is 2.15. The average molecular weight is 275 g/mol. The van der Waals surface area contributed by atoms with Crippen molar-refractivity contribution in [2.24, 2.45) is 17.3 Å². The summed E-state index contributed by atoms with van der Waals surface area (Å²) in [6.45, 7) is 5.75. The number of anilines is 1. The van der Waals surface area contributed by atoms with Crippen LogP contribution in [-0.4, -0.2) is 24.0 Å². The number of carboxylic acid groups (broad SMARTS) is 1. The number of amides is 1. The summed E-state index contributed by atoms with van der Waals surface area (Å²) in [7, 11) is 1.70. The number of hydrogen-bond donors (Lipinski definition) is 1. The topological polar surface area (TPSA) is 57.6 Å². The van der Waals surface area contributed by atoms with Crippen molar-refractivity contribution in [1.82, 2.24) is 0 Å². The van der Waals surface area contributed by atoms with E-state index in [4.69, 9.17) is 5.11 Å². The van der Waals surface area contributed by atoms with E-state index in [1.54, 1.807) is 11.9 Å². The molecular weight excluding hydrogens is 254 g/mol. The third kappa shape index (κ3) is 2.30. The second-order valence-corrected chi connectivity index (χ2v) is 6.03. The number of carboxylic acids is 1. The second kappa shape index (κ2) is 4.93. The van der Waals surface area contributed by atoms with Crippen molar-refractivity contribution >= 4 is 17.6 Å². The number of nitrogens with zero attached hydrogens (tertiary/aromatic N) is 1. The molecule has 1 aromatic carbocycles. The molecule has 1 N–H and O–H groups in total. The molecule has 1 aliphatic carbocycles. The van der Waals surface area contributed by atoms with Gasteiger partial charge in [0.15, 0.2) is 0 Å². The van der Waals surface area contributed by atoms with Crippen molar-refractivity contribution in [2.75, 3.05) is 11.9 Å². The largest absolute Gasteiger partial charge is 0.481 e. The van der Waals surface area contributed by atoms with E-state index in [2.05, 4.69) is 6.92 Å². The molecule has 2 atom stereocenters. The van der Waals surface area contributed by atoms with Crippen LogP contribution >= 0.6 is 0 Å². The van der Waals surface area contributed by atoms with E-state index in [9.17, 15) is 9.59 Å². The third-order valence-corrected chi connectivity index (χ3v) is 4.42. The number of carbonyl (C=O) groups is 2. The van der Waals surface area contributed by atoms with Crippen molar-refractivity contribution in [3.63, 3.8) is 0 Å². The van der Waals surface area contributed by atoms with E-state index in [0.717, 1.165) is 12.1 Å². The SMILES string of the molecule is CCc1ccc(N(C)C(=O)C2C(C(=O)O)C2(C)C)cc1. The first-order valence-electron chi connectivity index (χ1n) is 6.90. The van der Waals surface area contributed by atoms with Crippen LogP contribution in [0.2, 0.25) is 0 Å². The Morgan fingerprint density at radius 3 is 2.15 bits per heavy atom. The molecule has 20 heavy (non-hydrogen) atoms. The van der Waals surface area contributed by atoms with Gasteiger partial charge in [0, 0.05) is 12.7 Å². The Labute approximate surface area is 119 Å². The maximum atomic E-state index is 12.5. The summed E-state index contributed by atoms with van der Waals surface area (Å²) in [6.07, 6.45) is 0.953. The zero-order valence-electron chi connectivity index (χ0n) is 12.4. The summed E-state index contributed by atoms with van der Waals surface area (Å²) in [5.74, 6) is -2.02. The lowest BCUT2D eigenvalue weighted by molar-refractivity contribution is -0.140. The molecule has 108 valence electrons. The standard InChI is InChI=1S/C16H21NO3/c1-5-10-6-8-11(9-7-10)17(4)14(18)12-13(15(19)20)16(12,2)3/h6-9,12-13H,5H2,1-4H3,(H,19,20). The molecule has 0 spiro atoms. The minimum atomic E-state index is -0.886. The van der Waals surface area contributed by atoms with E-state index >= 15 is 0 Å². The molecule has 0 bridgehead atoms. The van der Waals surface area contributed by atoms with Crippen LogP contribution in [0.15, 0.2) is 24.3 Å². The van der Waals surface area contributed by atoms with Crippen LogP contribution < -0.4 is 4.90 Å². The monoisotopic (exact) mass is 275 g/mol. The van der Waals surface area contributed by atoms with Gasteiger partial charge in [0.2, 0.25) is 5.91 Å². The first-order valence-corrected chi connectivity index (χ1v) is 6.90. The summed E-state index contributed by atoms with van der Waals surface area (Å²) in [5, 5.41) is 9.16. The fraction of sp³-hybridized carbons (Fsp3) is 0.500. The van der Waals surface area contributed by atoms with Crippen LogP contribution in [0.25, 0.3) is 0 Å². The van der Waals surface area contributed by atoms with Crippen LogP contribution in [0.5, 0.6) is 0 Å². The quantitative estimate of drug-likeness (QED) is 0.918. The highest BCUT2D eigenvalue weighted by Gasteiger charge is 2.66. The molecule has 0 heterocycles. The van der Waals surface area contributed by atoms with E-state index in [0.29, 0.717) is 0 Å². The van der Waals surface area contributed by atoms with Gasteiger partial charge in [-0.25, -0.2) is 0 Å². The molecule has 1 amide bonds. The van der Waals surface area contributed by atoms with E-state index in [1.807, 2.05) is 38.1 Å². The number of aliphatic carboxylic acids is 1. The molecule has 1 fully saturated rings. The van der Waals surface area contributed by atoms with Crippen molar-refractivity contribution in [1.29, 1.82) is 0 Å². The number of carbonyl (C=O) groups excluding carboxylic acids is 1. The van der Waals surface area contributed by atoms with Gasteiger partial charge in [0.25, 0.3) is 0 Å². The predicted octanol–water partition coefficient (Wildman–Crippen LogP) is 2.57. The molecule has 1 saturated carbocycles. The maximum Gasteiger partial charge on any atom is 0.307 e. The normalized spacial score (nSPS) is 23.2. The van der Waals surface area contributed by atoms with Gasteiger partial charge in [-0.2, -0.15) is 0 Å². The Morgan fingerprint density at radius 2 is 1.75 bits per heavy atom. The fourth-order valence-electron chi connectivity index (χ4n) is 2.85. The van der Waals surface area contributed by atoms with E-state index in [1.165, 1.54) is 5.56 Å². The molecule has 4 nitrogen and oxygen atoms in total. The number of aryl methyl sites for hydroxylation is 1. The van der Waals surface area contributed by atoms with Gasteiger partial charge in [0.05, 0.1) is 11.8 Å². The van der Waals surface area contributed by atoms with Crippen LogP contribution in [0.1, 0.15) is 26.3 Å². The van der Waals surface area contributed by atoms with Gasteiger partial charge in [-0.1, -0.05) is 32.9 Å². The van der Waals surface area contributed by atoms with Crippen LogP contribution in [0, 0.1) is 17.3 Å². The maximum absolute atomic E-state index is 12.5. The third-order valence-electron chi connectivity index (χ3n) is 4.42. The smallest absolute Gasteiger partial charge is 0.307 e. The van der Waals surface area contributed by atoms with Crippen molar-refractivity contribution in [2.45, 2.75) is 27.2 Å². The molecule has 0 aliphatic heterocycles. The molecule has 0 aromatic heterocycles. The lowest BCUT2D eigenvalue weighted by Crippen LogP contribution is -2.29. The summed E-state index contributed by atoms with van der Waals surface area (Å²) >= 11 is 0. The van der Waals surface area contributed by atoms with E-state index < -0.39 is 23.2 Å². The van der Waals surface area contributed by atoms with Crippen LogP contribution in [0.4, 0.5) is 5.69 Å². The van der Waals surface area contributed by atoms with Gasteiger partial charge in [0.1, 0.15) is 0 Å². The number of hydrogen-bond acceptors (Lipinski definition) is 2. The number of rotatable bonds is 4. The van der Waals surface area contributed by atoms with Crippen molar-refractivity contribution in [3.05, 3.63) is 29.8 Å². The minimum absolute atomic E-state index is 0.119. The highest BCUT2D eigenvalue weighted by molar-refractivity contribution is 6.01. The fourth-order valence-corrected chi connectivity index (χ4v) is 2.85. The molecule has 0 radical (unpaired) electrons. The van der Waals surface area contributed by atoms with Crippen molar-refractivity contribution < 1.29 is 14.7 Å². The Morgan fingerprint density at radius 1 is 1.20 bits per heavy atom. The molecule has 1 aliphatic rings. The first-order chi connectivity index (χ1) is 9.30. The van der Waals surface area contributed by atoms with Crippen molar-refractivity contribution in [3.8, 4) is 0 Å². The van der Waals surface area contributed by atoms with Gasteiger partial charge in [-0.15, -0.1) is 0 Å². The summed E-state index contributed by atoms with van der Waals surface area (Å²) in [4.78, 5) is 25.2. The molecular formula is C16H21NO3. The minimum Gasteiger partial charge on any atom is -0.481 e. The van der Waals surface area contributed by atoms with Gasteiger partial charge >= 0.3 is 5.97 Å². The molecule has 0 saturated heterocycles.